The zero-order chi connectivity index (χ0) is 25.2. The SMILES string of the molecule is CC(C1C2CCC(O2)C1C(C)P(c1ccccc1)c1ccccc1)P(c1ccccc1)c1ccccc1. The molecule has 0 amide bonds. The third kappa shape index (κ3) is 4.95. The van der Waals surface area contributed by atoms with Crippen LogP contribution in [0.4, 0.5) is 0 Å². The molecule has 0 aromatic heterocycles. The highest BCUT2D eigenvalue weighted by Gasteiger charge is 2.55. The molecule has 2 saturated heterocycles. The molecule has 2 bridgehead atoms. The Balaban J connectivity index is 1.40. The maximum Gasteiger partial charge on any atom is 0.0618 e. The van der Waals surface area contributed by atoms with Crippen molar-refractivity contribution < 1.29 is 4.74 Å². The highest BCUT2D eigenvalue weighted by atomic mass is 31.1. The van der Waals surface area contributed by atoms with Crippen molar-refractivity contribution >= 4 is 37.1 Å². The van der Waals surface area contributed by atoms with Gasteiger partial charge in [-0.2, -0.15) is 0 Å². The van der Waals surface area contributed by atoms with Gasteiger partial charge in [-0.3, -0.25) is 0 Å². The van der Waals surface area contributed by atoms with Gasteiger partial charge < -0.3 is 4.74 Å². The van der Waals surface area contributed by atoms with E-state index in [2.05, 4.69) is 135 Å². The fourth-order valence-electron chi connectivity index (χ4n) is 6.95. The highest BCUT2D eigenvalue weighted by Crippen LogP contribution is 2.58. The predicted molar refractivity (Wildman–Crippen MR) is 162 cm³/mol. The molecule has 188 valence electrons. The summed E-state index contributed by atoms with van der Waals surface area (Å²) in [6, 6.07) is 45.1. The van der Waals surface area contributed by atoms with Gasteiger partial charge in [0.2, 0.25) is 0 Å². The molecule has 4 aromatic carbocycles. The minimum Gasteiger partial charge on any atom is -0.374 e. The maximum atomic E-state index is 6.80. The number of ether oxygens (including phenoxy) is 1. The van der Waals surface area contributed by atoms with E-state index >= 15 is 0 Å². The van der Waals surface area contributed by atoms with Crippen LogP contribution in [-0.2, 0) is 4.74 Å². The molecule has 3 heteroatoms. The van der Waals surface area contributed by atoms with E-state index < -0.39 is 15.8 Å². The van der Waals surface area contributed by atoms with Gasteiger partial charge in [-0.15, -0.1) is 0 Å². The van der Waals surface area contributed by atoms with Gasteiger partial charge in [0.15, 0.2) is 0 Å². The van der Waals surface area contributed by atoms with Crippen LogP contribution in [0, 0.1) is 11.8 Å². The summed E-state index contributed by atoms with van der Waals surface area (Å²) in [5.74, 6) is 1.13. The number of fused-ring (bicyclic) bond motifs is 2. The van der Waals surface area contributed by atoms with E-state index in [4.69, 9.17) is 4.74 Å². The van der Waals surface area contributed by atoms with Crippen LogP contribution in [0.15, 0.2) is 121 Å². The zero-order valence-corrected chi connectivity index (χ0v) is 23.5. The summed E-state index contributed by atoms with van der Waals surface area (Å²) in [6.45, 7) is 5.07. The Kier molecular flexibility index (Phi) is 7.57. The van der Waals surface area contributed by atoms with E-state index in [9.17, 15) is 0 Å². The summed E-state index contributed by atoms with van der Waals surface area (Å²) in [5.41, 5.74) is 1.09. The Bertz CT molecular complexity index is 1080. The largest absolute Gasteiger partial charge is 0.374 e. The summed E-state index contributed by atoms with van der Waals surface area (Å²) >= 11 is 0. The second kappa shape index (κ2) is 11.2. The summed E-state index contributed by atoms with van der Waals surface area (Å²) in [4.78, 5) is 0. The van der Waals surface area contributed by atoms with Crippen LogP contribution in [0.25, 0.3) is 0 Å². The average Bonchev–Trinajstić information content (AvgIpc) is 3.58. The second-order valence-electron chi connectivity index (χ2n) is 10.5. The van der Waals surface area contributed by atoms with Gasteiger partial charge in [-0.25, -0.2) is 0 Å². The molecule has 4 aromatic rings. The predicted octanol–water partition coefficient (Wildman–Crippen LogP) is 6.82. The van der Waals surface area contributed by atoms with Crippen LogP contribution in [-0.4, -0.2) is 23.5 Å². The van der Waals surface area contributed by atoms with E-state index in [-0.39, 0.29) is 0 Å². The van der Waals surface area contributed by atoms with Crippen molar-refractivity contribution in [2.45, 2.75) is 50.2 Å². The molecule has 0 saturated carbocycles. The lowest BCUT2D eigenvalue weighted by Gasteiger charge is -2.42. The van der Waals surface area contributed by atoms with E-state index in [0.717, 1.165) is 0 Å². The van der Waals surface area contributed by atoms with Gasteiger partial charge in [0.05, 0.1) is 12.2 Å². The Hall–Kier alpha value is -2.30. The molecule has 0 spiro atoms. The van der Waals surface area contributed by atoms with Crippen molar-refractivity contribution in [3.05, 3.63) is 121 Å². The smallest absolute Gasteiger partial charge is 0.0618 e. The minimum absolute atomic E-state index is 0.383. The number of hydrogen-bond donors (Lipinski definition) is 0. The Morgan fingerprint density at radius 1 is 0.486 bits per heavy atom. The summed E-state index contributed by atoms with van der Waals surface area (Å²) < 4.78 is 6.80. The number of rotatable bonds is 8. The maximum absolute atomic E-state index is 6.80. The molecular formula is C34H36OP2. The molecule has 0 aliphatic carbocycles. The van der Waals surface area contributed by atoms with Crippen molar-refractivity contribution in [1.29, 1.82) is 0 Å². The lowest BCUT2D eigenvalue weighted by atomic mass is 9.76. The van der Waals surface area contributed by atoms with Gasteiger partial charge in [0, 0.05) is 0 Å². The topological polar surface area (TPSA) is 9.23 Å². The zero-order valence-electron chi connectivity index (χ0n) is 21.7. The van der Waals surface area contributed by atoms with E-state index in [1.807, 2.05) is 0 Å². The van der Waals surface area contributed by atoms with Crippen LogP contribution in [0.1, 0.15) is 26.7 Å². The Morgan fingerprint density at radius 2 is 0.757 bits per heavy atom. The number of benzene rings is 4. The fraction of sp³-hybridized carbons (Fsp3) is 0.294. The van der Waals surface area contributed by atoms with Crippen molar-refractivity contribution in [2.24, 2.45) is 11.8 Å². The van der Waals surface area contributed by atoms with E-state index in [1.54, 1.807) is 0 Å². The molecular weight excluding hydrogens is 486 g/mol. The third-order valence-corrected chi connectivity index (χ3v) is 14.2. The molecule has 1 nitrogen and oxygen atoms in total. The van der Waals surface area contributed by atoms with E-state index in [1.165, 1.54) is 34.1 Å². The van der Waals surface area contributed by atoms with Crippen molar-refractivity contribution in [1.82, 2.24) is 0 Å². The quantitative estimate of drug-likeness (QED) is 0.231. The lowest BCUT2D eigenvalue weighted by Crippen LogP contribution is -2.42. The fourth-order valence-corrected chi connectivity index (χ4v) is 12.9. The first-order valence-electron chi connectivity index (χ1n) is 13.7. The average molecular weight is 523 g/mol. The van der Waals surface area contributed by atoms with Gasteiger partial charge in [0.25, 0.3) is 0 Å². The summed E-state index contributed by atoms with van der Waals surface area (Å²) in [5, 5.41) is 5.94. The summed E-state index contributed by atoms with van der Waals surface area (Å²) in [6.07, 6.45) is 3.19. The van der Waals surface area contributed by atoms with Crippen LogP contribution in [0.2, 0.25) is 0 Å². The highest BCUT2D eigenvalue weighted by molar-refractivity contribution is 7.74. The number of hydrogen-bond acceptors (Lipinski definition) is 1. The Morgan fingerprint density at radius 3 is 1.03 bits per heavy atom. The molecule has 37 heavy (non-hydrogen) atoms. The van der Waals surface area contributed by atoms with Crippen molar-refractivity contribution in [3.63, 3.8) is 0 Å². The second-order valence-corrected chi connectivity index (χ2v) is 15.7. The molecule has 6 atom stereocenters. The molecule has 2 aliphatic rings. The first kappa shape index (κ1) is 25.0. The van der Waals surface area contributed by atoms with Crippen LogP contribution >= 0.6 is 15.8 Å². The lowest BCUT2D eigenvalue weighted by molar-refractivity contribution is 0.0872. The molecule has 0 N–H and O–H groups in total. The molecule has 0 radical (unpaired) electrons. The van der Waals surface area contributed by atoms with Crippen molar-refractivity contribution in [2.75, 3.05) is 0 Å². The Labute approximate surface area is 224 Å². The standard InChI is InChI=1S/C34H36OP2/c1-25(36(27-15-7-3-8-16-27)28-17-9-4-10-18-28)33-31-23-24-32(35-31)34(33)26(2)37(29-19-11-5-12-20-29)30-21-13-6-14-22-30/h3-22,25-26,31-34H,23-24H2,1-2H3. The van der Waals surface area contributed by atoms with Crippen LogP contribution in [0.5, 0.6) is 0 Å². The minimum atomic E-state index is -0.487. The summed E-state index contributed by atoms with van der Waals surface area (Å²) in [7, 11) is -0.974. The van der Waals surface area contributed by atoms with Crippen molar-refractivity contribution in [3.8, 4) is 0 Å². The van der Waals surface area contributed by atoms with Gasteiger partial charge >= 0.3 is 0 Å². The molecule has 2 aliphatic heterocycles. The first-order chi connectivity index (χ1) is 18.2. The molecule has 2 heterocycles. The normalized spacial score (nSPS) is 24.4. The first-order valence-corrected chi connectivity index (χ1v) is 16.5. The third-order valence-electron chi connectivity index (χ3n) is 8.45. The van der Waals surface area contributed by atoms with Crippen LogP contribution in [0.3, 0.4) is 0 Å². The molecule has 6 rings (SSSR count). The monoisotopic (exact) mass is 522 g/mol. The van der Waals surface area contributed by atoms with Gasteiger partial charge in [0.1, 0.15) is 0 Å². The van der Waals surface area contributed by atoms with Gasteiger partial charge in [-0.05, 0) is 73.1 Å². The molecule has 6 unspecified atom stereocenters. The van der Waals surface area contributed by atoms with Gasteiger partial charge in [-0.1, -0.05) is 135 Å². The molecule has 2 fully saturated rings. The van der Waals surface area contributed by atoms with E-state index in [0.29, 0.717) is 35.4 Å². The van der Waals surface area contributed by atoms with Crippen LogP contribution < -0.4 is 21.2 Å².